The lowest BCUT2D eigenvalue weighted by Gasteiger charge is -2.40. The topological polar surface area (TPSA) is 76.0 Å². The van der Waals surface area contributed by atoms with Crippen molar-refractivity contribution in [2.24, 2.45) is 5.92 Å². The summed E-state index contributed by atoms with van der Waals surface area (Å²) in [6.07, 6.45) is 4.40. The van der Waals surface area contributed by atoms with E-state index in [-0.39, 0.29) is 17.6 Å². The molecule has 1 saturated heterocycles. The molecule has 6 rings (SSSR count). The van der Waals surface area contributed by atoms with Gasteiger partial charge in [0.1, 0.15) is 5.82 Å². The Morgan fingerprint density at radius 1 is 1.18 bits per heavy atom. The van der Waals surface area contributed by atoms with E-state index in [1.165, 1.54) is 6.07 Å². The second kappa shape index (κ2) is 8.08. The van der Waals surface area contributed by atoms with Gasteiger partial charge < -0.3 is 9.88 Å². The number of hydrogen-bond donors (Lipinski definition) is 1. The van der Waals surface area contributed by atoms with Crippen LogP contribution in [-0.2, 0) is 17.8 Å². The van der Waals surface area contributed by atoms with Gasteiger partial charge in [-0.25, -0.2) is 4.39 Å². The molecule has 2 aliphatic rings. The number of aromatic nitrogens is 2. The molecule has 0 atom stereocenters. The molecule has 7 heteroatoms. The molecule has 168 valence electrons. The van der Waals surface area contributed by atoms with Gasteiger partial charge in [0.15, 0.2) is 0 Å². The molecule has 0 saturated carbocycles. The number of rotatable bonds is 4. The van der Waals surface area contributed by atoms with Gasteiger partial charge in [0, 0.05) is 54.5 Å². The Kier molecular flexibility index (Phi) is 4.89. The van der Waals surface area contributed by atoms with Gasteiger partial charge in [-0.05, 0) is 53.9 Å². The Labute approximate surface area is 196 Å². The first-order chi connectivity index (χ1) is 16.6. The highest BCUT2D eigenvalue weighted by atomic mass is 19.1. The number of pyridine rings is 1. The van der Waals surface area contributed by atoms with Crippen molar-refractivity contribution in [2.75, 3.05) is 24.5 Å². The molecule has 34 heavy (non-hydrogen) atoms. The normalized spacial score (nSPS) is 15.8. The number of nitrogens with zero attached hydrogens (tertiary/aromatic N) is 4. The lowest BCUT2D eigenvalue weighted by Crippen LogP contribution is -2.53. The van der Waals surface area contributed by atoms with Crippen LogP contribution in [0.4, 0.5) is 10.1 Å². The maximum atomic E-state index is 13.4. The molecular formula is C27H22FN5O. The molecule has 0 aliphatic carbocycles. The second-order valence-corrected chi connectivity index (χ2v) is 9.04. The van der Waals surface area contributed by atoms with Crippen LogP contribution in [0.25, 0.3) is 22.2 Å². The number of aromatic amines is 1. The van der Waals surface area contributed by atoms with Gasteiger partial charge >= 0.3 is 0 Å². The van der Waals surface area contributed by atoms with Crippen molar-refractivity contribution in [1.29, 1.82) is 5.26 Å². The number of halogens is 1. The molecule has 2 aliphatic heterocycles. The van der Waals surface area contributed by atoms with Crippen molar-refractivity contribution in [3.8, 4) is 17.3 Å². The number of H-pyrrole nitrogens is 1. The summed E-state index contributed by atoms with van der Waals surface area (Å²) in [4.78, 5) is 25.2. The predicted molar refractivity (Wildman–Crippen MR) is 127 cm³/mol. The van der Waals surface area contributed by atoms with Gasteiger partial charge in [-0.2, -0.15) is 5.26 Å². The number of carbonyl (C=O) groups excluding carboxylic acids is 1. The number of nitrogens with one attached hydrogen (secondary N) is 1. The molecule has 2 aromatic heterocycles. The average Bonchev–Trinajstić information content (AvgIpc) is 3.44. The molecule has 1 N–H and O–H groups in total. The molecule has 6 nitrogen and oxygen atoms in total. The third kappa shape index (κ3) is 3.53. The first kappa shape index (κ1) is 20.6. The van der Waals surface area contributed by atoms with Crippen LogP contribution >= 0.6 is 0 Å². The highest BCUT2D eigenvalue weighted by molar-refractivity contribution is 5.99. The van der Waals surface area contributed by atoms with Crippen molar-refractivity contribution in [3.05, 3.63) is 83.4 Å². The lowest BCUT2D eigenvalue weighted by atomic mass is 9.97. The Morgan fingerprint density at radius 3 is 2.88 bits per heavy atom. The summed E-state index contributed by atoms with van der Waals surface area (Å²) in [5.74, 6) is -0.160. The van der Waals surface area contributed by atoms with Crippen LogP contribution in [0.5, 0.6) is 0 Å². The van der Waals surface area contributed by atoms with E-state index in [0.29, 0.717) is 31.7 Å². The summed E-state index contributed by atoms with van der Waals surface area (Å²) in [5, 5.41) is 10.2. The van der Waals surface area contributed by atoms with Crippen LogP contribution in [0, 0.1) is 23.1 Å². The molecule has 0 spiro atoms. The van der Waals surface area contributed by atoms with E-state index in [1.54, 1.807) is 24.4 Å². The van der Waals surface area contributed by atoms with E-state index >= 15 is 0 Å². The Balaban J connectivity index is 1.19. The monoisotopic (exact) mass is 451 g/mol. The van der Waals surface area contributed by atoms with Crippen molar-refractivity contribution < 1.29 is 9.18 Å². The van der Waals surface area contributed by atoms with Gasteiger partial charge in [0.25, 0.3) is 0 Å². The van der Waals surface area contributed by atoms with E-state index < -0.39 is 0 Å². The van der Waals surface area contributed by atoms with Gasteiger partial charge in [0.2, 0.25) is 5.91 Å². The summed E-state index contributed by atoms with van der Waals surface area (Å²) in [6.45, 7) is 2.65. The highest BCUT2D eigenvalue weighted by Gasteiger charge is 2.38. The smallest absolute Gasteiger partial charge is 0.232 e. The molecule has 4 heterocycles. The summed E-state index contributed by atoms with van der Waals surface area (Å²) >= 11 is 0. The standard InChI is InChI=1S/C27H22FN5O/c28-21-3-1-2-18(9-21)14-32-15-20(16-32)27(34)33-7-6-22-23(12-30-13-26(22)33)25-10-19-8-17(11-29)4-5-24(19)31-25/h1-5,8-10,12-13,20,31H,6-7,14-16H2. The van der Waals surface area contributed by atoms with Crippen LogP contribution in [0.2, 0.25) is 0 Å². The van der Waals surface area contributed by atoms with E-state index in [1.807, 2.05) is 35.4 Å². The number of fused-ring (bicyclic) bond motifs is 2. The van der Waals surface area contributed by atoms with Gasteiger partial charge in [-0.1, -0.05) is 12.1 Å². The number of hydrogen-bond acceptors (Lipinski definition) is 4. The lowest BCUT2D eigenvalue weighted by molar-refractivity contribution is -0.127. The zero-order valence-electron chi connectivity index (χ0n) is 18.5. The summed E-state index contributed by atoms with van der Waals surface area (Å²) in [7, 11) is 0. The van der Waals surface area contributed by atoms with Crippen molar-refractivity contribution in [2.45, 2.75) is 13.0 Å². The second-order valence-electron chi connectivity index (χ2n) is 9.04. The van der Waals surface area contributed by atoms with E-state index in [2.05, 4.69) is 20.9 Å². The SMILES string of the molecule is N#Cc1ccc2[nH]c(-c3cncc4c3CCN4C(=O)C3CN(Cc4cccc(F)c4)C3)cc2c1. The van der Waals surface area contributed by atoms with Crippen molar-refractivity contribution >= 4 is 22.5 Å². The molecule has 4 aromatic rings. The summed E-state index contributed by atoms with van der Waals surface area (Å²) in [6, 6.07) is 16.4. The average molecular weight is 452 g/mol. The minimum Gasteiger partial charge on any atom is -0.354 e. The fraction of sp³-hybridized carbons (Fsp3) is 0.222. The molecule has 0 bridgehead atoms. The number of amides is 1. The first-order valence-corrected chi connectivity index (χ1v) is 11.4. The Bertz CT molecular complexity index is 1460. The molecule has 0 unspecified atom stereocenters. The number of likely N-dealkylation sites (tertiary alicyclic amines) is 1. The number of nitriles is 1. The van der Waals surface area contributed by atoms with Crippen LogP contribution in [-0.4, -0.2) is 40.4 Å². The zero-order chi connectivity index (χ0) is 23.2. The van der Waals surface area contributed by atoms with Gasteiger partial charge in [-0.3, -0.25) is 14.7 Å². The van der Waals surface area contributed by atoms with Crippen LogP contribution in [0.1, 0.15) is 16.7 Å². The zero-order valence-corrected chi connectivity index (χ0v) is 18.5. The highest BCUT2D eigenvalue weighted by Crippen LogP contribution is 2.37. The fourth-order valence-corrected chi connectivity index (χ4v) is 5.09. The van der Waals surface area contributed by atoms with E-state index in [9.17, 15) is 14.4 Å². The molecule has 2 aromatic carbocycles. The molecule has 0 radical (unpaired) electrons. The maximum Gasteiger partial charge on any atom is 0.232 e. The van der Waals surface area contributed by atoms with Crippen LogP contribution < -0.4 is 4.90 Å². The fourth-order valence-electron chi connectivity index (χ4n) is 5.09. The number of benzene rings is 2. The van der Waals surface area contributed by atoms with E-state index in [0.717, 1.165) is 45.4 Å². The third-order valence-electron chi connectivity index (χ3n) is 6.82. The van der Waals surface area contributed by atoms with Crippen LogP contribution in [0.15, 0.2) is 60.9 Å². The Hall–Kier alpha value is -4.02. The van der Waals surface area contributed by atoms with Gasteiger partial charge in [0.05, 0.1) is 29.4 Å². The van der Waals surface area contributed by atoms with Crippen LogP contribution in [0.3, 0.4) is 0 Å². The quantitative estimate of drug-likeness (QED) is 0.503. The number of carbonyl (C=O) groups is 1. The minimum atomic E-state index is -0.233. The number of anilines is 1. The summed E-state index contributed by atoms with van der Waals surface area (Å²) in [5.41, 5.74) is 6.43. The summed E-state index contributed by atoms with van der Waals surface area (Å²) < 4.78 is 13.4. The maximum absolute atomic E-state index is 13.4. The molecular weight excluding hydrogens is 429 g/mol. The molecule has 1 amide bonds. The minimum absolute atomic E-state index is 0.0550. The Morgan fingerprint density at radius 2 is 2.06 bits per heavy atom. The first-order valence-electron chi connectivity index (χ1n) is 11.4. The van der Waals surface area contributed by atoms with Crippen molar-refractivity contribution in [3.63, 3.8) is 0 Å². The third-order valence-corrected chi connectivity index (χ3v) is 6.82. The molecule has 1 fully saturated rings. The largest absolute Gasteiger partial charge is 0.354 e. The predicted octanol–water partition coefficient (Wildman–Crippen LogP) is 4.26. The van der Waals surface area contributed by atoms with Crippen molar-refractivity contribution in [1.82, 2.24) is 14.9 Å². The van der Waals surface area contributed by atoms with Gasteiger partial charge in [-0.15, -0.1) is 0 Å². The van der Waals surface area contributed by atoms with E-state index in [4.69, 9.17) is 0 Å².